The van der Waals surface area contributed by atoms with Gasteiger partial charge in [-0.1, -0.05) is 84.9 Å². The Morgan fingerprint density at radius 3 is 2.14 bits per heavy atom. The first-order valence-electron chi connectivity index (χ1n) is 14.1. The van der Waals surface area contributed by atoms with E-state index in [1.807, 2.05) is 42.5 Å². The van der Waals surface area contributed by atoms with Gasteiger partial charge < -0.3 is 9.13 Å². The van der Waals surface area contributed by atoms with E-state index in [0.717, 1.165) is 55.4 Å². The van der Waals surface area contributed by atoms with Crippen LogP contribution in [0.5, 0.6) is 0 Å². The highest BCUT2D eigenvalue weighted by atomic mass is 15.0. The van der Waals surface area contributed by atoms with Crippen molar-refractivity contribution >= 4 is 49.3 Å². The number of rotatable bonds is 3. The number of para-hydroxylation sites is 4. The molecule has 0 spiro atoms. The fourth-order valence-corrected chi connectivity index (χ4v) is 6.63. The zero-order valence-corrected chi connectivity index (χ0v) is 22.7. The van der Waals surface area contributed by atoms with Crippen LogP contribution in [0.3, 0.4) is 0 Å². The molecular formula is C38H24N4. The van der Waals surface area contributed by atoms with Crippen molar-refractivity contribution in [2.24, 2.45) is 5.92 Å². The number of fused-ring (bicyclic) bond motifs is 6. The van der Waals surface area contributed by atoms with Crippen molar-refractivity contribution in [1.29, 1.82) is 10.5 Å². The van der Waals surface area contributed by atoms with Crippen molar-refractivity contribution < 1.29 is 0 Å². The molecule has 0 aliphatic heterocycles. The summed E-state index contributed by atoms with van der Waals surface area (Å²) in [6, 6.07) is 42.7. The van der Waals surface area contributed by atoms with E-state index in [-0.39, 0.29) is 5.92 Å². The van der Waals surface area contributed by atoms with Crippen LogP contribution >= 0.6 is 0 Å². The van der Waals surface area contributed by atoms with Crippen LogP contribution in [-0.2, 0) is 0 Å². The number of benzene rings is 5. The van der Waals surface area contributed by atoms with Crippen molar-refractivity contribution in [1.82, 2.24) is 9.13 Å². The number of nitrogens with zero attached hydrogens (tertiary/aromatic N) is 4. The van der Waals surface area contributed by atoms with Gasteiger partial charge in [-0.05, 0) is 48.0 Å². The quantitative estimate of drug-likeness (QED) is 0.226. The molecule has 0 saturated heterocycles. The summed E-state index contributed by atoms with van der Waals surface area (Å²) in [4.78, 5) is 0. The van der Waals surface area contributed by atoms with E-state index in [1.54, 1.807) is 0 Å². The molecule has 42 heavy (non-hydrogen) atoms. The van der Waals surface area contributed by atoms with Gasteiger partial charge in [0.15, 0.2) is 0 Å². The second-order valence-electron chi connectivity index (χ2n) is 10.8. The average molecular weight is 537 g/mol. The molecule has 0 fully saturated rings. The molecule has 196 valence electrons. The van der Waals surface area contributed by atoms with E-state index in [9.17, 15) is 10.5 Å². The average Bonchev–Trinajstić information content (AvgIpc) is 3.57. The van der Waals surface area contributed by atoms with E-state index in [2.05, 4.69) is 106 Å². The van der Waals surface area contributed by atoms with Crippen LogP contribution in [-0.4, -0.2) is 9.13 Å². The van der Waals surface area contributed by atoms with Crippen LogP contribution in [0.1, 0.15) is 12.0 Å². The lowest BCUT2D eigenvalue weighted by molar-refractivity contribution is 0.822. The van der Waals surface area contributed by atoms with Crippen molar-refractivity contribution in [3.63, 3.8) is 0 Å². The van der Waals surface area contributed by atoms with Crippen LogP contribution in [0.25, 0.3) is 66.1 Å². The van der Waals surface area contributed by atoms with Gasteiger partial charge in [0.05, 0.1) is 45.3 Å². The van der Waals surface area contributed by atoms with Crippen LogP contribution in [0.4, 0.5) is 0 Å². The number of nitriles is 2. The van der Waals surface area contributed by atoms with E-state index in [0.29, 0.717) is 12.0 Å². The summed E-state index contributed by atoms with van der Waals surface area (Å²) in [5, 5.41) is 24.3. The lowest BCUT2D eigenvalue weighted by atomic mass is 9.98. The molecule has 4 heteroatoms. The molecule has 5 aromatic carbocycles. The summed E-state index contributed by atoms with van der Waals surface area (Å²) < 4.78 is 4.55. The van der Waals surface area contributed by atoms with Crippen molar-refractivity contribution in [3.8, 4) is 29.0 Å². The predicted molar refractivity (Wildman–Crippen MR) is 171 cm³/mol. The summed E-state index contributed by atoms with van der Waals surface area (Å²) in [5.41, 5.74) is 9.33. The Balaban J connectivity index is 1.43. The molecule has 0 bridgehead atoms. The molecule has 1 aliphatic carbocycles. The molecule has 7 aromatic rings. The molecule has 4 nitrogen and oxygen atoms in total. The number of hydrogen-bond acceptors (Lipinski definition) is 2. The van der Waals surface area contributed by atoms with Crippen LogP contribution < -0.4 is 0 Å². The highest BCUT2D eigenvalue weighted by Crippen LogP contribution is 2.41. The normalized spacial score (nSPS) is 14.8. The predicted octanol–water partition coefficient (Wildman–Crippen LogP) is 9.37. The van der Waals surface area contributed by atoms with Crippen molar-refractivity contribution in [2.45, 2.75) is 6.42 Å². The summed E-state index contributed by atoms with van der Waals surface area (Å²) >= 11 is 0. The van der Waals surface area contributed by atoms with Gasteiger partial charge in [0.1, 0.15) is 6.07 Å². The minimum atomic E-state index is -0.146. The van der Waals surface area contributed by atoms with Crippen LogP contribution in [0.15, 0.2) is 127 Å². The number of hydrogen-bond donors (Lipinski definition) is 0. The van der Waals surface area contributed by atoms with Crippen LogP contribution in [0, 0.1) is 28.6 Å². The summed E-state index contributed by atoms with van der Waals surface area (Å²) in [5.74, 6) is -0.146. The van der Waals surface area contributed by atoms with Crippen molar-refractivity contribution in [3.05, 3.63) is 133 Å². The van der Waals surface area contributed by atoms with Gasteiger partial charge in [-0.2, -0.15) is 10.5 Å². The first-order valence-corrected chi connectivity index (χ1v) is 14.1. The van der Waals surface area contributed by atoms with E-state index >= 15 is 0 Å². The standard InChI is InChI=1S/C38H24N4/c39-23-25-9-7-11-28(21-25)41-35-17-5-2-12-30(35)32-15-8-14-29(38(32)41)26-19-20-37-33(22-26)31-13-3-6-18-36(31)42(37)34-16-4-1-10-27(34)24-40/h1-20,22,25H,21H2. The Kier molecular flexibility index (Phi) is 5.36. The Hall–Kier alpha value is -5.84. The topological polar surface area (TPSA) is 57.4 Å². The molecule has 0 radical (unpaired) electrons. The molecule has 1 atom stereocenters. The number of allylic oxidation sites excluding steroid dienone is 4. The Morgan fingerprint density at radius 2 is 1.33 bits per heavy atom. The maximum Gasteiger partial charge on any atom is 0.101 e. The molecule has 1 aliphatic rings. The summed E-state index contributed by atoms with van der Waals surface area (Å²) in [6.45, 7) is 0. The van der Waals surface area contributed by atoms with Gasteiger partial charge in [0.25, 0.3) is 0 Å². The second kappa shape index (κ2) is 9.37. The maximum absolute atomic E-state index is 9.89. The van der Waals surface area contributed by atoms with Gasteiger partial charge in [-0.3, -0.25) is 0 Å². The van der Waals surface area contributed by atoms with E-state index < -0.39 is 0 Å². The zero-order chi connectivity index (χ0) is 28.2. The third kappa shape index (κ3) is 3.46. The fraction of sp³-hybridized carbons (Fsp3) is 0.0526. The van der Waals surface area contributed by atoms with Gasteiger partial charge in [-0.25, -0.2) is 0 Å². The monoisotopic (exact) mass is 536 g/mol. The minimum Gasteiger partial charge on any atom is -0.312 e. The van der Waals surface area contributed by atoms with Gasteiger partial charge in [0.2, 0.25) is 0 Å². The second-order valence-corrected chi connectivity index (χ2v) is 10.8. The fourth-order valence-electron chi connectivity index (χ4n) is 6.63. The Morgan fingerprint density at radius 1 is 0.643 bits per heavy atom. The Bertz CT molecular complexity index is 2360. The van der Waals surface area contributed by atoms with E-state index in [1.165, 1.54) is 10.8 Å². The molecule has 0 N–H and O–H groups in total. The molecule has 1 unspecified atom stereocenters. The van der Waals surface area contributed by atoms with E-state index in [4.69, 9.17) is 0 Å². The number of aromatic nitrogens is 2. The molecule has 0 saturated carbocycles. The SMILES string of the molecule is N#Cc1ccccc1-n1c2ccccc2c2cc(-c3cccc4c5ccccc5n(C5=CC=CC(C#N)C5)c34)ccc21. The lowest BCUT2D eigenvalue weighted by Crippen LogP contribution is -2.05. The minimum absolute atomic E-state index is 0.146. The molecule has 8 rings (SSSR count). The van der Waals surface area contributed by atoms with Gasteiger partial charge >= 0.3 is 0 Å². The highest BCUT2D eigenvalue weighted by molar-refractivity contribution is 6.16. The van der Waals surface area contributed by atoms with Gasteiger partial charge in [-0.15, -0.1) is 0 Å². The summed E-state index contributed by atoms with van der Waals surface area (Å²) in [6.07, 6.45) is 6.79. The molecule has 0 amide bonds. The third-order valence-corrected chi connectivity index (χ3v) is 8.46. The first-order chi connectivity index (χ1) is 20.8. The van der Waals surface area contributed by atoms with Crippen molar-refractivity contribution in [2.75, 3.05) is 0 Å². The highest BCUT2D eigenvalue weighted by Gasteiger charge is 2.21. The maximum atomic E-state index is 9.89. The van der Waals surface area contributed by atoms with Crippen LogP contribution in [0.2, 0.25) is 0 Å². The zero-order valence-electron chi connectivity index (χ0n) is 22.7. The first kappa shape index (κ1) is 24.0. The molecule has 2 heterocycles. The third-order valence-electron chi connectivity index (χ3n) is 8.46. The summed E-state index contributed by atoms with van der Waals surface area (Å²) in [7, 11) is 0. The largest absolute Gasteiger partial charge is 0.312 e. The lowest BCUT2D eigenvalue weighted by Gasteiger charge is -2.18. The molecular weight excluding hydrogens is 512 g/mol. The molecule has 2 aromatic heterocycles. The Labute approximate surface area is 242 Å². The smallest absolute Gasteiger partial charge is 0.101 e. The van der Waals surface area contributed by atoms with Gasteiger partial charge in [0, 0.05) is 39.2 Å².